The average molecular weight is 505 g/mol. The van der Waals surface area contributed by atoms with Gasteiger partial charge in [-0.25, -0.2) is 8.42 Å². The van der Waals surface area contributed by atoms with Gasteiger partial charge in [0.05, 0.1) is 17.0 Å². The third-order valence-electron chi connectivity index (χ3n) is 6.05. The largest absolute Gasteiger partial charge is 0.390 e. The first-order chi connectivity index (χ1) is 16.6. The maximum Gasteiger partial charge on any atom is 0.249 e. The number of aryl methyl sites for hydroxylation is 1. The van der Waals surface area contributed by atoms with E-state index in [0.717, 1.165) is 24.0 Å². The lowest BCUT2D eigenvalue weighted by molar-refractivity contribution is -0.133. The summed E-state index contributed by atoms with van der Waals surface area (Å²) >= 11 is 0. The molecule has 0 spiro atoms. The van der Waals surface area contributed by atoms with Crippen molar-refractivity contribution in [2.45, 2.75) is 76.5 Å². The van der Waals surface area contributed by atoms with Gasteiger partial charge in [-0.15, -0.1) is 0 Å². The Bertz CT molecular complexity index is 1010. The summed E-state index contributed by atoms with van der Waals surface area (Å²) in [6, 6.07) is 15.2. The highest BCUT2D eigenvalue weighted by molar-refractivity contribution is 7.89. The Labute approximate surface area is 210 Å². The summed E-state index contributed by atoms with van der Waals surface area (Å²) in [6.45, 7) is 7.49. The van der Waals surface area contributed by atoms with Gasteiger partial charge in [-0.2, -0.15) is 4.31 Å². The fourth-order valence-electron chi connectivity index (χ4n) is 3.77. The van der Waals surface area contributed by atoms with Gasteiger partial charge in [0.1, 0.15) is 6.10 Å². The summed E-state index contributed by atoms with van der Waals surface area (Å²) in [5, 5.41) is 24.2. The number of rotatable bonds is 14. The number of amides is 1. The Morgan fingerprint density at radius 1 is 1.00 bits per heavy atom. The molecular weight excluding hydrogens is 464 g/mol. The van der Waals surface area contributed by atoms with Crippen LogP contribution in [0.5, 0.6) is 0 Å². The predicted molar refractivity (Wildman–Crippen MR) is 138 cm³/mol. The van der Waals surface area contributed by atoms with Gasteiger partial charge in [0.25, 0.3) is 0 Å². The van der Waals surface area contributed by atoms with E-state index >= 15 is 0 Å². The number of carbonyl (C=O) groups excluding carboxylic acids is 1. The molecule has 0 aliphatic carbocycles. The van der Waals surface area contributed by atoms with Gasteiger partial charge in [0.15, 0.2) is 0 Å². The normalized spacial score (nSPS) is 14.6. The lowest BCUT2D eigenvalue weighted by Crippen LogP contribution is -2.53. The zero-order valence-corrected chi connectivity index (χ0v) is 22.0. The van der Waals surface area contributed by atoms with Crippen LogP contribution >= 0.6 is 0 Å². The standard InChI is InChI=1S/C27H40N2O5S/c1-5-6-10-17-29(35(33,34)23-15-13-21(4)14-16-23)19-25(30)24(18-22-11-8-7-9-12-22)28-27(32)26(31)20(2)3/h7-9,11-16,20,24-26,30-31H,5-6,10,17-19H2,1-4H3,(H,28,32)/t24-,25+,26?/m0/s1. The molecule has 2 aromatic rings. The highest BCUT2D eigenvalue weighted by Crippen LogP contribution is 2.19. The van der Waals surface area contributed by atoms with E-state index in [-0.39, 0.29) is 23.9 Å². The number of hydrogen-bond donors (Lipinski definition) is 3. The van der Waals surface area contributed by atoms with Crippen molar-refractivity contribution in [3.05, 3.63) is 65.7 Å². The Morgan fingerprint density at radius 3 is 2.20 bits per heavy atom. The molecular formula is C27H40N2O5S. The van der Waals surface area contributed by atoms with Crippen LogP contribution in [-0.2, 0) is 21.2 Å². The summed E-state index contributed by atoms with van der Waals surface area (Å²) in [6.07, 6.45) is 0.349. The lowest BCUT2D eigenvalue weighted by atomic mass is 9.99. The first kappa shape index (κ1) is 29.0. The van der Waals surface area contributed by atoms with Crippen LogP contribution < -0.4 is 5.32 Å². The van der Waals surface area contributed by atoms with Crippen LogP contribution in [0.25, 0.3) is 0 Å². The van der Waals surface area contributed by atoms with E-state index in [1.807, 2.05) is 44.2 Å². The SMILES string of the molecule is CCCCCN(C[C@@H](O)[C@H](Cc1ccccc1)NC(=O)C(O)C(C)C)S(=O)(=O)c1ccc(C)cc1. The molecule has 1 unspecified atom stereocenters. The summed E-state index contributed by atoms with van der Waals surface area (Å²) < 4.78 is 28.2. The molecule has 0 radical (unpaired) electrons. The molecule has 0 saturated carbocycles. The van der Waals surface area contributed by atoms with Gasteiger partial charge in [0, 0.05) is 13.1 Å². The second-order valence-corrected chi connectivity index (χ2v) is 11.4. The number of nitrogens with one attached hydrogen (secondary N) is 1. The van der Waals surface area contributed by atoms with Crippen LogP contribution in [0.3, 0.4) is 0 Å². The monoisotopic (exact) mass is 504 g/mol. The molecule has 194 valence electrons. The quantitative estimate of drug-likeness (QED) is 0.342. The molecule has 2 rings (SSSR count). The molecule has 7 nitrogen and oxygen atoms in total. The van der Waals surface area contributed by atoms with E-state index in [1.165, 1.54) is 4.31 Å². The molecule has 3 N–H and O–H groups in total. The molecule has 8 heteroatoms. The van der Waals surface area contributed by atoms with Crippen LogP contribution in [0, 0.1) is 12.8 Å². The van der Waals surface area contributed by atoms with Crippen LogP contribution in [0.1, 0.15) is 51.2 Å². The van der Waals surface area contributed by atoms with Crippen molar-refractivity contribution in [2.24, 2.45) is 5.92 Å². The average Bonchev–Trinajstić information content (AvgIpc) is 2.83. The summed E-state index contributed by atoms with van der Waals surface area (Å²) in [4.78, 5) is 12.8. The van der Waals surface area contributed by atoms with Gasteiger partial charge in [-0.1, -0.05) is 81.6 Å². The second-order valence-electron chi connectivity index (χ2n) is 9.44. The molecule has 0 bridgehead atoms. The fraction of sp³-hybridized carbons (Fsp3) is 0.519. The highest BCUT2D eigenvalue weighted by atomic mass is 32.2. The molecule has 35 heavy (non-hydrogen) atoms. The van der Waals surface area contributed by atoms with E-state index in [4.69, 9.17) is 0 Å². The summed E-state index contributed by atoms with van der Waals surface area (Å²) in [5.74, 6) is -0.879. The number of hydrogen-bond acceptors (Lipinski definition) is 5. The van der Waals surface area contributed by atoms with Crippen molar-refractivity contribution in [1.82, 2.24) is 9.62 Å². The van der Waals surface area contributed by atoms with Crippen LogP contribution in [0.2, 0.25) is 0 Å². The predicted octanol–water partition coefficient (Wildman–Crippen LogP) is 3.28. The molecule has 0 heterocycles. The van der Waals surface area contributed by atoms with Gasteiger partial charge >= 0.3 is 0 Å². The molecule has 0 aliphatic heterocycles. The minimum absolute atomic E-state index is 0.171. The Balaban J connectivity index is 2.31. The van der Waals surface area contributed by atoms with Crippen LogP contribution in [0.4, 0.5) is 0 Å². The Kier molecular flexibility index (Phi) is 11.4. The second kappa shape index (κ2) is 13.7. The van der Waals surface area contributed by atoms with E-state index in [9.17, 15) is 23.4 Å². The van der Waals surface area contributed by atoms with Gasteiger partial charge < -0.3 is 15.5 Å². The summed E-state index contributed by atoms with van der Waals surface area (Å²) in [5.41, 5.74) is 1.84. The zero-order chi connectivity index (χ0) is 26.0. The van der Waals surface area contributed by atoms with E-state index in [0.29, 0.717) is 12.8 Å². The maximum absolute atomic E-state index is 13.5. The number of aliphatic hydroxyl groups excluding tert-OH is 2. The van der Waals surface area contributed by atoms with Gasteiger partial charge in [-0.3, -0.25) is 4.79 Å². The molecule has 0 aliphatic rings. The molecule has 0 fully saturated rings. The molecule has 1 amide bonds. The lowest BCUT2D eigenvalue weighted by Gasteiger charge is -2.30. The van der Waals surface area contributed by atoms with E-state index in [1.54, 1.807) is 38.1 Å². The Hall–Kier alpha value is -2.26. The van der Waals surface area contributed by atoms with Crippen LogP contribution in [-0.4, -0.2) is 60.2 Å². The molecule has 2 aromatic carbocycles. The topological polar surface area (TPSA) is 107 Å². The molecule has 3 atom stereocenters. The molecule has 0 saturated heterocycles. The third-order valence-corrected chi connectivity index (χ3v) is 7.93. The van der Waals surface area contributed by atoms with Crippen molar-refractivity contribution in [3.63, 3.8) is 0 Å². The first-order valence-electron chi connectivity index (χ1n) is 12.3. The van der Waals surface area contributed by atoms with Crippen molar-refractivity contribution in [3.8, 4) is 0 Å². The van der Waals surface area contributed by atoms with E-state index < -0.39 is 34.2 Å². The highest BCUT2D eigenvalue weighted by Gasteiger charge is 2.32. The van der Waals surface area contributed by atoms with Gasteiger partial charge in [-0.05, 0) is 43.4 Å². The maximum atomic E-state index is 13.5. The number of unbranched alkanes of at least 4 members (excludes halogenated alkanes) is 2. The number of carbonyl (C=O) groups is 1. The number of sulfonamides is 1. The minimum atomic E-state index is -3.85. The van der Waals surface area contributed by atoms with Crippen molar-refractivity contribution in [1.29, 1.82) is 0 Å². The summed E-state index contributed by atoms with van der Waals surface area (Å²) in [7, 11) is -3.85. The zero-order valence-electron chi connectivity index (χ0n) is 21.2. The van der Waals surface area contributed by atoms with E-state index in [2.05, 4.69) is 5.32 Å². The van der Waals surface area contributed by atoms with Crippen molar-refractivity contribution < 1.29 is 23.4 Å². The number of benzene rings is 2. The van der Waals surface area contributed by atoms with Gasteiger partial charge in [0.2, 0.25) is 15.9 Å². The van der Waals surface area contributed by atoms with Crippen molar-refractivity contribution in [2.75, 3.05) is 13.1 Å². The first-order valence-corrected chi connectivity index (χ1v) is 13.8. The number of nitrogens with zero attached hydrogens (tertiary/aromatic N) is 1. The minimum Gasteiger partial charge on any atom is -0.390 e. The smallest absolute Gasteiger partial charge is 0.249 e. The molecule has 0 aromatic heterocycles. The Morgan fingerprint density at radius 2 is 1.63 bits per heavy atom. The van der Waals surface area contributed by atoms with Crippen molar-refractivity contribution >= 4 is 15.9 Å². The third kappa shape index (κ3) is 8.72. The fourth-order valence-corrected chi connectivity index (χ4v) is 5.26. The number of aliphatic hydroxyl groups is 2. The van der Waals surface area contributed by atoms with Crippen LogP contribution in [0.15, 0.2) is 59.5 Å².